The first-order chi connectivity index (χ1) is 9.08. The minimum atomic E-state index is -1.07. The highest BCUT2D eigenvalue weighted by molar-refractivity contribution is 7.85. The molecule has 0 aliphatic heterocycles. The highest BCUT2D eigenvalue weighted by Gasteiger charge is 2.15. The lowest BCUT2D eigenvalue weighted by atomic mass is 10.1. The number of carbonyl (C=O) groups excluding carboxylic acids is 1. The average Bonchev–Trinajstić information content (AvgIpc) is 2.38. The van der Waals surface area contributed by atoms with E-state index >= 15 is 0 Å². The van der Waals surface area contributed by atoms with Crippen LogP contribution in [0.3, 0.4) is 0 Å². The smallest absolute Gasteiger partial charge is 0.179 e. The van der Waals surface area contributed by atoms with E-state index in [4.69, 9.17) is 4.74 Å². The van der Waals surface area contributed by atoms with Gasteiger partial charge in [-0.05, 0) is 31.0 Å². The molecule has 0 radical (unpaired) electrons. The molecule has 0 N–H and O–H groups in total. The summed E-state index contributed by atoms with van der Waals surface area (Å²) < 4.78 is 17.0. The second-order valence-corrected chi connectivity index (χ2v) is 6.20. The van der Waals surface area contributed by atoms with Crippen LogP contribution in [0.2, 0.25) is 0 Å². The first-order valence-electron chi connectivity index (χ1n) is 6.61. The van der Waals surface area contributed by atoms with E-state index in [1.165, 1.54) is 0 Å². The average molecular weight is 282 g/mol. The largest absolute Gasteiger partial charge is 0.496 e. The van der Waals surface area contributed by atoms with Gasteiger partial charge in [0.05, 0.1) is 18.4 Å². The van der Waals surface area contributed by atoms with Gasteiger partial charge in [-0.15, -0.1) is 0 Å². The molecule has 0 aromatic heterocycles. The van der Waals surface area contributed by atoms with Crippen LogP contribution in [-0.2, 0) is 10.8 Å². The molecule has 0 amide bonds. The lowest BCUT2D eigenvalue weighted by molar-refractivity contribution is 0.101. The monoisotopic (exact) mass is 282 g/mol. The van der Waals surface area contributed by atoms with Crippen LogP contribution in [-0.4, -0.2) is 28.6 Å². The molecule has 0 bridgehead atoms. The maximum absolute atomic E-state index is 12.1. The lowest BCUT2D eigenvalue weighted by Gasteiger charge is -2.08. The third-order valence-corrected chi connectivity index (χ3v) is 4.25. The maximum Gasteiger partial charge on any atom is 0.179 e. The molecule has 4 heteroatoms. The highest BCUT2D eigenvalue weighted by Crippen LogP contribution is 2.20. The molecule has 3 nitrogen and oxygen atoms in total. The Morgan fingerprint density at radius 1 is 1.32 bits per heavy atom. The Bertz CT molecular complexity index is 455. The zero-order valence-electron chi connectivity index (χ0n) is 11.9. The lowest BCUT2D eigenvalue weighted by Crippen LogP contribution is -2.14. The Labute approximate surface area is 117 Å². The SMILES string of the molecule is CCCCCS(=O)CC(=O)c1ccc(C)cc1OC. The van der Waals surface area contributed by atoms with Crippen molar-refractivity contribution in [3.63, 3.8) is 0 Å². The van der Waals surface area contributed by atoms with Crippen LogP contribution in [0.4, 0.5) is 0 Å². The van der Waals surface area contributed by atoms with Gasteiger partial charge in [-0.1, -0.05) is 25.8 Å². The van der Waals surface area contributed by atoms with Crippen molar-refractivity contribution < 1.29 is 13.7 Å². The molecule has 0 heterocycles. The summed E-state index contributed by atoms with van der Waals surface area (Å²) >= 11 is 0. The van der Waals surface area contributed by atoms with Gasteiger partial charge < -0.3 is 4.74 Å². The molecule has 1 unspecified atom stereocenters. The van der Waals surface area contributed by atoms with Gasteiger partial charge in [0.1, 0.15) is 5.75 Å². The van der Waals surface area contributed by atoms with Crippen molar-refractivity contribution in [2.75, 3.05) is 18.6 Å². The van der Waals surface area contributed by atoms with Gasteiger partial charge in [0, 0.05) is 16.6 Å². The number of methoxy groups -OCH3 is 1. The van der Waals surface area contributed by atoms with Crippen LogP contribution < -0.4 is 4.74 Å². The van der Waals surface area contributed by atoms with E-state index in [0.717, 1.165) is 24.8 Å². The summed E-state index contributed by atoms with van der Waals surface area (Å²) in [6, 6.07) is 5.45. The van der Waals surface area contributed by atoms with E-state index in [9.17, 15) is 9.00 Å². The Morgan fingerprint density at radius 2 is 2.05 bits per heavy atom. The van der Waals surface area contributed by atoms with Crippen molar-refractivity contribution in [3.05, 3.63) is 29.3 Å². The summed E-state index contributed by atoms with van der Waals surface area (Å²) in [5.41, 5.74) is 1.56. The van der Waals surface area contributed by atoms with Gasteiger partial charge in [0.2, 0.25) is 0 Å². The molecule has 0 aliphatic rings. The molecule has 0 saturated carbocycles. The Balaban J connectivity index is 2.65. The van der Waals surface area contributed by atoms with E-state index in [2.05, 4.69) is 6.92 Å². The number of carbonyl (C=O) groups is 1. The van der Waals surface area contributed by atoms with Gasteiger partial charge in [-0.2, -0.15) is 0 Å². The summed E-state index contributed by atoms with van der Waals surface area (Å²) in [6.45, 7) is 4.05. The molecule has 0 saturated heterocycles. The van der Waals surface area contributed by atoms with Crippen LogP contribution in [0.25, 0.3) is 0 Å². The Hall–Kier alpha value is -1.16. The van der Waals surface area contributed by atoms with E-state index in [-0.39, 0.29) is 11.5 Å². The van der Waals surface area contributed by atoms with Crippen LogP contribution >= 0.6 is 0 Å². The third-order valence-electron chi connectivity index (χ3n) is 2.93. The molecule has 0 fully saturated rings. The van der Waals surface area contributed by atoms with E-state index in [1.807, 2.05) is 19.1 Å². The van der Waals surface area contributed by atoms with E-state index in [0.29, 0.717) is 17.1 Å². The number of rotatable bonds is 8. The van der Waals surface area contributed by atoms with Crippen LogP contribution in [0.1, 0.15) is 42.1 Å². The first kappa shape index (κ1) is 15.9. The third kappa shape index (κ3) is 5.15. The Kier molecular flexibility index (Phi) is 6.78. The van der Waals surface area contributed by atoms with Crippen molar-refractivity contribution in [2.24, 2.45) is 0 Å². The topological polar surface area (TPSA) is 43.4 Å². The number of hydrogen-bond donors (Lipinski definition) is 0. The van der Waals surface area contributed by atoms with E-state index in [1.54, 1.807) is 13.2 Å². The number of hydrogen-bond acceptors (Lipinski definition) is 3. The van der Waals surface area contributed by atoms with Gasteiger partial charge in [0.25, 0.3) is 0 Å². The minimum Gasteiger partial charge on any atom is -0.496 e. The molecule has 19 heavy (non-hydrogen) atoms. The van der Waals surface area contributed by atoms with Gasteiger partial charge in [-0.25, -0.2) is 0 Å². The molecule has 1 aromatic rings. The van der Waals surface area contributed by atoms with Crippen molar-refractivity contribution >= 4 is 16.6 Å². The summed E-state index contributed by atoms with van der Waals surface area (Å²) in [6.07, 6.45) is 3.08. The van der Waals surface area contributed by atoms with Gasteiger partial charge in [0.15, 0.2) is 5.78 Å². The number of unbranched alkanes of at least 4 members (excludes halogenated alkanes) is 2. The molecule has 0 aliphatic carbocycles. The van der Waals surface area contributed by atoms with Crippen molar-refractivity contribution in [2.45, 2.75) is 33.1 Å². The zero-order chi connectivity index (χ0) is 14.3. The number of ether oxygens (including phenoxy) is 1. The van der Waals surface area contributed by atoms with Crippen LogP contribution in [0, 0.1) is 6.92 Å². The summed E-state index contributed by atoms with van der Waals surface area (Å²) in [5, 5.41) is 0. The molecule has 0 spiro atoms. The van der Waals surface area contributed by atoms with Crippen LogP contribution in [0.5, 0.6) is 5.75 Å². The van der Waals surface area contributed by atoms with E-state index < -0.39 is 10.8 Å². The summed E-state index contributed by atoms with van der Waals surface area (Å²) in [7, 11) is 0.473. The first-order valence-corrected chi connectivity index (χ1v) is 8.10. The molecule has 1 atom stereocenters. The minimum absolute atomic E-state index is 0.0864. The molecule has 106 valence electrons. The normalized spacial score (nSPS) is 12.2. The van der Waals surface area contributed by atoms with Crippen molar-refractivity contribution in [1.29, 1.82) is 0 Å². The highest BCUT2D eigenvalue weighted by atomic mass is 32.2. The predicted molar refractivity (Wildman–Crippen MR) is 79.5 cm³/mol. The second kappa shape index (κ2) is 8.10. The summed E-state index contributed by atoms with van der Waals surface area (Å²) in [5.74, 6) is 1.15. The number of benzene rings is 1. The zero-order valence-corrected chi connectivity index (χ0v) is 12.7. The summed E-state index contributed by atoms with van der Waals surface area (Å²) in [4.78, 5) is 12.1. The van der Waals surface area contributed by atoms with Crippen molar-refractivity contribution in [3.8, 4) is 5.75 Å². The Morgan fingerprint density at radius 3 is 2.68 bits per heavy atom. The quantitative estimate of drug-likeness (QED) is 0.543. The van der Waals surface area contributed by atoms with Crippen LogP contribution in [0.15, 0.2) is 18.2 Å². The fourth-order valence-corrected chi connectivity index (χ4v) is 2.96. The molecular formula is C15H22O3S. The molecule has 1 rings (SSSR count). The standard InChI is InChI=1S/C15H22O3S/c1-4-5-6-9-19(17)11-14(16)13-8-7-12(2)10-15(13)18-3/h7-8,10H,4-6,9,11H2,1-3H3. The fraction of sp³-hybridized carbons (Fsp3) is 0.533. The number of ketones is 1. The number of Topliss-reactive ketones (excluding diaryl/α,β-unsaturated/α-hetero) is 1. The fourth-order valence-electron chi connectivity index (χ4n) is 1.84. The maximum atomic E-state index is 12.1. The molecule has 1 aromatic carbocycles. The predicted octanol–water partition coefficient (Wildman–Crippen LogP) is 3.13. The van der Waals surface area contributed by atoms with Gasteiger partial charge in [-0.3, -0.25) is 9.00 Å². The number of aryl methyl sites for hydroxylation is 1. The molecular weight excluding hydrogens is 260 g/mol. The second-order valence-electron chi connectivity index (χ2n) is 4.62. The van der Waals surface area contributed by atoms with Crippen molar-refractivity contribution in [1.82, 2.24) is 0 Å². The van der Waals surface area contributed by atoms with Gasteiger partial charge >= 0.3 is 0 Å².